The van der Waals surface area contributed by atoms with E-state index >= 15 is 0 Å². The summed E-state index contributed by atoms with van der Waals surface area (Å²) in [6.07, 6.45) is 9.17. The fraction of sp³-hybridized carbons (Fsp3) is 0.622. The zero-order chi connectivity index (χ0) is 33.4. The monoisotopic (exact) mass is 609 g/mol. The number of carbonyl (C=O) groups excluding carboxylic acids is 2. The molecule has 0 saturated heterocycles. The van der Waals surface area contributed by atoms with Gasteiger partial charge < -0.3 is 25.8 Å². The van der Waals surface area contributed by atoms with Crippen LogP contribution in [0, 0.1) is 41.4 Å². The summed E-state index contributed by atoms with van der Waals surface area (Å²) in [4.78, 5) is 23.6. The number of ether oxygens (including phenoxy) is 1. The maximum absolute atomic E-state index is 11.8. The maximum atomic E-state index is 11.8. The molecule has 7 heteroatoms. The van der Waals surface area contributed by atoms with Crippen LogP contribution >= 0.6 is 0 Å². The molecule has 7 atom stereocenters. The highest BCUT2D eigenvalue weighted by molar-refractivity contribution is 5.83. The first kappa shape index (κ1) is 31.4. The highest BCUT2D eigenvalue weighted by Crippen LogP contribution is 2.68. The predicted octanol–water partition coefficient (Wildman–Crippen LogP) is 5.12. The fourth-order valence-electron chi connectivity index (χ4n) is 9.84. The van der Waals surface area contributed by atoms with Gasteiger partial charge in [-0.05, 0) is 123 Å². The molecule has 0 aromatic heterocycles. The molecule has 4 fully saturated rings. The number of fused-ring (bicyclic) bond motifs is 12. The summed E-state index contributed by atoms with van der Waals surface area (Å²) in [5.41, 5.74) is 4.68. The van der Waals surface area contributed by atoms with Crippen molar-refractivity contribution in [3.05, 3.63) is 59.7 Å². The second-order valence-corrected chi connectivity index (χ2v) is 13.1. The van der Waals surface area contributed by atoms with E-state index in [9.17, 15) is 14.7 Å². The van der Waals surface area contributed by atoms with E-state index in [4.69, 9.17) is 17.8 Å². The van der Waals surface area contributed by atoms with Gasteiger partial charge in [0, 0.05) is 31.5 Å². The molecule has 7 unspecified atom stereocenters. The first-order valence-electron chi connectivity index (χ1n) is 17.4. The second-order valence-electron chi connectivity index (χ2n) is 13.1. The summed E-state index contributed by atoms with van der Waals surface area (Å²) in [5.74, 6) is 6.58. The van der Waals surface area contributed by atoms with Gasteiger partial charge in [-0.2, -0.15) is 0 Å². The minimum atomic E-state index is -0.448. The third-order valence-corrected chi connectivity index (χ3v) is 11.3. The van der Waals surface area contributed by atoms with Crippen LogP contribution in [-0.2, 0) is 19.7 Å². The number of esters is 1. The smallest absolute Gasteiger partial charge is 0.305 e. The average molecular weight is 610 g/mol. The van der Waals surface area contributed by atoms with Gasteiger partial charge >= 0.3 is 5.97 Å². The molecule has 0 heterocycles. The van der Waals surface area contributed by atoms with E-state index < -0.39 is 12.0 Å². The lowest BCUT2D eigenvalue weighted by Crippen LogP contribution is -2.33. The fourth-order valence-corrected chi connectivity index (χ4v) is 9.84. The van der Waals surface area contributed by atoms with E-state index in [2.05, 4.69) is 24.3 Å². The van der Waals surface area contributed by atoms with Gasteiger partial charge in [-0.1, -0.05) is 48.5 Å². The van der Waals surface area contributed by atoms with Gasteiger partial charge in [0.05, 0.1) is 7.11 Å². The molecule has 4 bridgehead atoms. The van der Waals surface area contributed by atoms with Gasteiger partial charge in [0.2, 0.25) is 0 Å². The lowest BCUT2D eigenvalue weighted by molar-refractivity contribution is -0.141. The van der Waals surface area contributed by atoms with E-state index in [1.54, 1.807) is 19.8 Å². The van der Waals surface area contributed by atoms with Gasteiger partial charge in [0.1, 0.15) is 9.43 Å². The van der Waals surface area contributed by atoms with Gasteiger partial charge in [0.15, 0.2) is 5.78 Å². The van der Waals surface area contributed by atoms with E-state index in [1.165, 1.54) is 33.4 Å². The SMILES string of the molecule is CCO.COC(=O)CCC1(CCC(=O)CO)c2ccccc2-c2ccccc21.OCC1CC2CC1C1C3CCC(C3)C21.[2H]N([2H])C. The Labute approximate surface area is 266 Å². The molecule has 5 aliphatic carbocycles. The number of benzene rings is 2. The second kappa shape index (κ2) is 15.6. The third kappa shape index (κ3) is 6.53. The molecular weight excluding hydrogens is 554 g/mol. The number of hydrogen-bond acceptors (Lipinski definition) is 7. The molecule has 5 N–H and O–H groups in total. The zero-order valence-electron chi connectivity index (χ0n) is 28.7. The number of methoxy groups -OCH3 is 1. The van der Waals surface area contributed by atoms with Gasteiger partial charge in [0.25, 0.3) is 0 Å². The molecule has 5 aliphatic rings. The van der Waals surface area contributed by atoms with Gasteiger partial charge in [-0.3, -0.25) is 9.59 Å². The highest BCUT2D eigenvalue weighted by Gasteiger charge is 2.61. The van der Waals surface area contributed by atoms with Crippen molar-refractivity contribution in [3.8, 4) is 11.1 Å². The predicted molar refractivity (Wildman–Crippen MR) is 173 cm³/mol. The van der Waals surface area contributed by atoms with Crippen LogP contribution in [-0.4, -0.2) is 61.1 Å². The van der Waals surface area contributed by atoms with E-state index in [0.29, 0.717) is 31.1 Å². The number of nitrogens with two attached hydrogens (primary N) is 1. The lowest BCUT2D eigenvalue weighted by Gasteiger charge is -2.38. The van der Waals surface area contributed by atoms with Crippen molar-refractivity contribution in [1.29, 1.82) is 0 Å². The largest absolute Gasteiger partial charge is 0.469 e. The maximum Gasteiger partial charge on any atom is 0.305 e. The summed E-state index contributed by atoms with van der Waals surface area (Å²) < 4.78 is 17.0. The first-order valence-corrected chi connectivity index (χ1v) is 16.5. The topological polar surface area (TPSA) is 130 Å². The Morgan fingerprint density at radius 1 is 0.886 bits per heavy atom. The van der Waals surface area contributed by atoms with Crippen LogP contribution in [0.15, 0.2) is 48.5 Å². The quantitative estimate of drug-likeness (QED) is 0.242. The van der Waals surface area contributed by atoms with Crippen LogP contribution in [0.2, 0.25) is 2.82 Å². The molecule has 0 aliphatic heterocycles. The van der Waals surface area contributed by atoms with Crippen LogP contribution in [0.5, 0.6) is 0 Å². The number of Topliss-reactive ketones (excluding diaryl/α,β-unsaturated/α-hetero) is 1. The Hall–Kier alpha value is -2.58. The van der Waals surface area contributed by atoms with Crippen LogP contribution in [0.25, 0.3) is 11.1 Å². The molecule has 4 saturated carbocycles. The van der Waals surface area contributed by atoms with Gasteiger partial charge in [-0.15, -0.1) is 0 Å². The molecule has 2 aromatic carbocycles. The van der Waals surface area contributed by atoms with Crippen LogP contribution in [0.1, 0.15) is 75.8 Å². The van der Waals surface area contributed by atoms with Crippen molar-refractivity contribution in [2.24, 2.45) is 47.1 Å². The standard InChI is InChI=1S/C21H22O4.C13H20O.C2H6O.CH5N/c1-25-20(24)11-13-21(12-10-15(23)14-22)18-8-4-2-6-16(18)17-7-3-5-9-19(17)21;14-6-10-4-9-5-11(10)13-8-2-1-7(3-8)12(9)13;1-2-3;1-2/h2-9,22H,10-14H2,1H3;7-14H,1-6H2;3H,2H2,1H3;2H2,1H3/i/hD2. The molecule has 7 rings (SSSR count). The third-order valence-electron chi connectivity index (χ3n) is 11.3. The van der Waals surface area contributed by atoms with Crippen molar-refractivity contribution in [2.75, 3.05) is 34.0 Å². The lowest BCUT2D eigenvalue weighted by atomic mass is 9.68. The molecular formula is C37H53NO6. The van der Waals surface area contributed by atoms with E-state index in [0.717, 1.165) is 57.8 Å². The number of hydrogen-bond donors (Lipinski definition) is 4. The summed E-state index contributed by atoms with van der Waals surface area (Å²) in [6.45, 7) is 1.96. The van der Waals surface area contributed by atoms with Crippen molar-refractivity contribution in [3.63, 3.8) is 0 Å². The Morgan fingerprint density at radius 3 is 1.98 bits per heavy atom. The minimum absolute atomic E-state index is 0.181. The zero-order valence-corrected chi connectivity index (χ0v) is 26.7. The molecule has 44 heavy (non-hydrogen) atoms. The van der Waals surface area contributed by atoms with E-state index in [-0.39, 0.29) is 31.2 Å². The van der Waals surface area contributed by atoms with E-state index in [1.807, 2.05) is 24.3 Å². The molecule has 7 nitrogen and oxygen atoms in total. The highest BCUT2D eigenvalue weighted by atomic mass is 16.5. The van der Waals surface area contributed by atoms with Gasteiger partial charge in [-0.25, -0.2) is 0 Å². The molecule has 242 valence electrons. The number of aliphatic hydroxyl groups excluding tert-OH is 3. The van der Waals surface area contributed by atoms with Crippen LogP contribution in [0.4, 0.5) is 0 Å². The molecule has 0 amide bonds. The Morgan fingerprint density at radius 2 is 1.43 bits per heavy atom. The number of aliphatic hydroxyl groups is 3. The average Bonchev–Trinajstić information content (AvgIpc) is 3.89. The Balaban J connectivity index is 0.000000190. The Kier molecular flexibility index (Phi) is 11.1. The molecule has 0 radical (unpaired) electrons. The Bertz CT molecular complexity index is 1230. The summed E-state index contributed by atoms with van der Waals surface area (Å²) in [5, 5.41) is 26.1. The van der Waals surface area contributed by atoms with Crippen molar-refractivity contribution in [1.82, 2.24) is 0 Å². The van der Waals surface area contributed by atoms with Crippen molar-refractivity contribution in [2.45, 2.75) is 70.1 Å². The summed E-state index contributed by atoms with van der Waals surface area (Å²) in [6, 6.07) is 16.3. The van der Waals surface area contributed by atoms with Crippen molar-refractivity contribution >= 4 is 11.8 Å². The normalized spacial score (nSPS) is 29.4. The molecule has 2 aromatic rings. The minimum Gasteiger partial charge on any atom is -0.469 e. The van der Waals surface area contributed by atoms with Crippen LogP contribution < -0.4 is 5.72 Å². The summed E-state index contributed by atoms with van der Waals surface area (Å²) >= 11 is 0. The molecule has 0 spiro atoms. The van der Waals surface area contributed by atoms with Crippen molar-refractivity contribution < 1.29 is 32.5 Å². The number of carbonyl (C=O) groups is 2. The summed E-state index contributed by atoms with van der Waals surface area (Å²) in [7, 11) is 2.72. The first-order chi connectivity index (χ1) is 22.1. The number of rotatable bonds is 8. The van der Waals surface area contributed by atoms with Crippen LogP contribution in [0.3, 0.4) is 0 Å². The number of ketones is 1.